The summed E-state index contributed by atoms with van der Waals surface area (Å²) >= 11 is 0. The van der Waals surface area contributed by atoms with Crippen molar-refractivity contribution in [3.05, 3.63) is 120 Å². The first kappa shape index (κ1) is 18.3. The molecule has 0 saturated heterocycles. The summed E-state index contributed by atoms with van der Waals surface area (Å²) in [6.45, 7) is 0.593. The van der Waals surface area contributed by atoms with Crippen LogP contribution in [0.15, 0.2) is 103 Å². The number of ether oxygens (including phenoxy) is 1. The van der Waals surface area contributed by atoms with E-state index in [1.54, 1.807) is 0 Å². The molecule has 3 unspecified atom stereocenters. The SMILES string of the molecule is C1=CC2c3cc(OCc4ccccc4)ccc3NC(c3cccc4ccccc34)C2C1. The Balaban J connectivity index is 1.33. The van der Waals surface area contributed by atoms with E-state index in [-0.39, 0.29) is 0 Å². The van der Waals surface area contributed by atoms with E-state index < -0.39 is 0 Å². The van der Waals surface area contributed by atoms with Gasteiger partial charge in [-0.3, -0.25) is 0 Å². The van der Waals surface area contributed by atoms with Gasteiger partial charge in [-0.25, -0.2) is 0 Å². The Morgan fingerprint density at radius 1 is 0.806 bits per heavy atom. The average molecular weight is 404 g/mol. The van der Waals surface area contributed by atoms with Crippen LogP contribution in [0, 0.1) is 5.92 Å². The lowest BCUT2D eigenvalue weighted by atomic mass is 9.76. The molecule has 0 radical (unpaired) electrons. The molecule has 4 aromatic carbocycles. The minimum Gasteiger partial charge on any atom is -0.489 e. The summed E-state index contributed by atoms with van der Waals surface area (Å²) in [7, 11) is 0. The van der Waals surface area contributed by atoms with E-state index in [9.17, 15) is 0 Å². The number of rotatable bonds is 4. The largest absolute Gasteiger partial charge is 0.489 e. The van der Waals surface area contributed by atoms with Gasteiger partial charge in [0.1, 0.15) is 12.4 Å². The predicted octanol–water partition coefficient (Wildman–Crippen LogP) is 7.25. The third kappa shape index (κ3) is 3.29. The molecule has 2 nitrogen and oxygen atoms in total. The molecule has 4 aromatic rings. The number of hydrogen-bond acceptors (Lipinski definition) is 2. The molecule has 1 N–H and O–H groups in total. The third-order valence-corrected chi connectivity index (χ3v) is 6.74. The third-order valence-electron chi connectivity index (χ3n) is 6.74. The quantitative estimate of drug-likeness (QED) is 0.362. The molecule has 3 atom stereocenters. The van der Waals surface area contributed by atoms with Crippen LogP contribution < -0.4 is 10.1 Å². The summed E-state index contributed by atoms with van der Waals surface area (Å²) in [5.74, 6) is 1.87. The minimum atomic E-state index is 0.301. The fourth-order valence-electron chi connectivity index (χ4n) is 5.23. The standard InChI is InChI=1S/C29H25NO/c1-2-8-20(9-3-1)19-31-22-16-17-28-27(18-22)24-13-7-15-26(24)29(30-28)25-14-6-11-21-10-4-5-12-23(21)25/h1-14,16-18,24,26,29-30H,15,19H2. The monoisotopic (exact) mass is 403 g/mol. The Bertz CT molecular complexity index is 1250. The van der Waals surface area contributed by atoms with Gasteiger partial charge in [-0.1, -0.05) is 84.9 Å². The Morgan fingerprint density at radius 3 is 2.58 bits per heavy atom. The molecule has 1 aliphatic heterocycles. The second-order valence-electron chi connectivity index (χ2n) is 8.57. The highest BCUT2D eigenvalue weighted by Crippen LogP contribution is 2.51. The molecule has 0 fully saturated rings. The molecule has 152 valence electrons. The molecular weight excluding hydrogens is 378 g/mol. The first-order chi connectivity index (χ1) is 15.4. The number of benzene rings is 4. The van der Waals surface area contributed by atoms with E-state index in [2.05, 4.69) is 102 Å². The average Bonchev–Trinajstić information content (AvgIpc) is 3.33. The molecule has 6 rings (SSSR count). The highest BCUT2D eigenvalue weighted by atomic mass is 16.5. The molecule has 0 bridgehead atoms. The first-order valence-electron chi connectivity index (χ1n) is 11.1. The van der Waals surface area contributed by atoms with Crippen molar-refractivity contribution in [2.75, 3.05) is 5.32 Å². The van der Waals surface area contributed by atoms with Crippen LogP contribution in [0.1, 0.15) is 35.1 Å². The Morgan fingerprint density at radius 2 is 1.65 bits per heavy atom. The van der Waals surface area contributed by atoms with Crippen molar-refractivity contribution in [2.45, 2.75) is 25.0 Å². The molecule has 1 aliphatic carbocycles. The van der Waals surface area contributed by atoms with Crippen molar-refractivity contribution in [3.8, 4) is 5.75 Å². The van der Waals surface area contributed by atoms with Crippen LogP contribution in [-0.2, 0) is 6.61 Å². The molecule has 0 saturated carbocycles. The lowest BCUT2D eigenvalue weighted by Crippen LogP contribution is -2.29. The van der Waals surface area contributed by atoms with Gasteiger partial charge in [0.2, 0.25) is 0 Å². The van der Waals surface area contributed by atoms with Crippen LogP contribution in [0.25, 0.3) is 10.8 Å². The van der Waals surface area contributed by atoms with Gasteiger partial charge in [0.05, 0.1) is 6.04 Å². The number of nitrogens with one attached hydrogen (secondary N) is 1. The fraction of sp³-hybridized carbons (Fsp3) is 0.172. The van der Waals surface area contributed by atoms with Crippen molar-refractivity contribution < 1.29 is 4.74 Å². The van der Waals surface area contributed by atoms with Crippen molar-refractivity contribution in [3.63, 3.8) is 0 Å². The first-order valence-corrected chi connectivity index (χ1v) is 11.1. The van der Waals surface area contributed by atoms with E-state index in [4.69, 9.17) is 4.74 Å². The highest BCUT2D eigenvalue weighted by Gasteiger charge is 2.38. The van der Waals surface area contributed by atoms with Crippen molar-refractivity contribution in [2.24, 2.45) is 5.92 Å². The maximum absolute atomic E-state index is 6.12. The van der Waals surface area contributed by atoms with Gasteiger partial charge in [-0.2, -0.15) is 0 Å². The molecule has 2 heteroatoms. The van der Waals surface area contributed by atoms with Crippen molar-refractivity contribution in [1.29, 1.82) is 0 Å². The normalized spacial score (nSPS) is 21.4. The second kappa shape index (κ2) is 7.63. The van der Waals surface area contributed by atoms with Crippen LogP contribution in [0.2, 0.25) is 0 Å². The lowest BCUT2D eigenvalue weighted by Gasteiger charge is -2.38. The van der Waals surface area contributed by atoms with Crippen LogP contribution >= 0.6 is 0 Å². The number of allylic oxidation sites excluding steroid dienone is 2. The van der Waals surface area contributed by atoms with E-state index >= 15 is 0 Å². The summed E-state index contributed by atoms with van der Waals surface area (Å²) in [6, 6.07) is 32.6. The topological polar surface area (TPSA) is 21.3 Å². The van der Waals surface area contributed by atoms with Crippen LogP contribution in [0.3, 0.4) is 0 Å². The van der Waals surface area contributed by atoms with Gasteiger partial charge in [-0.05, 0) is 58.0 Å². The molecule has 0 amide bonds. The smallest absolute Gasteiger partial charge is 0.120 e. The minimum absolute atomic E-state index is 0.301. The predicted molar refractivity (Wildman–Crippen MR) is 128 cm³/mol. The maximum atomic E-state index is 6.12. The van der Waals surface area contributed by atoms with Crippen molar-refractivity contribution in [1.82, 2.24) is 0 Å². The second-order valence-corrected chi connectivity index (χ2v) is 8.57. The van der Waals surface area contributed by atoms with Gasteiger partial charge < -0.3 is 10.1 Å². The molecule has 0 spiro atoms. The van der Waals surface area contributed by atoms with Crippen LogP contribution in [0.4, 0.5) is 5.69 Å². The van der Waals surface area contributed by atoms with E-state index in [1.807, 2.05) is 6.07 Å². The molecule has 31 heavy (non-hydrogen) atoms. The van der Waals surface area contributed by atoms with E-state index in [1.165, 1.54) is 33.2 Å². The molecule has 2 aliphatic rings. The van der Waals surface area contributed by atoms with Gasteiger partial charge >= 0.3 is 0 Å². The lowest BCUT2D eigenvalue weighted by molar-refractivity contribution is 0.305. The number of fused-ring (bicyclic) bond motifs is 4. The summed E-state index contributed by atoms with van der Waals surface area (Å²) < 4.78 is 6.12. The van der Waals surface area contributed by atoms with Gasteiger partial charge in [-0.15, -0.1) is 0 Å². The Labute approximate surface area is 183 Å². The zero-order chi connectivity index (χ0) is 20.6. The Hall–Kier alpha value is -3.52. The summed E-state index contributed by atoms with van der Waals surface area (Å²) in [6.07, 6.45) is 5.84. The van der Waals surface area contributed by atoms with Gasteiger partial charge in [0.15, 0.2) is 0 Å². The van der Waals surface area contributed by atoms with Crippen molar-refractivity contribution >= 4 is 16.5 Å². The van der Waals surface area contributed by atoms with Crippen LogP contribution in [0.5, 0.6) is 5.75 Å². The zero-order valence-corrected chi connectivity index (χ0v) is 17.4. The summed E-state index contributed by atoms with van der Waals surface area (Å²) in [5, 5.41) is 6.53. The van der Waals surface area contributed by atoms with Gasteiger partial charge in [0.25, 0.3) is 0 Å². The number of hydrogen-bond donors (Lipinski definition) is 1. The van der Waals surface area contributed by atoms with E-state index in [0.29, 0.717) is 24.5 Å². The summed E-state index contributed by atoms with van der Waals surface area (Å²) in [5.41, 5.74) is 5.15. The maximum Gasteiger partial charge on any atom is 0.120 e. The zero-order valence-electron chi connectivity index (χ0n) is 17.4. The van der Waals surface area contributed by atoms with E-state index in [0.717, 1.165) is 12.2 Å². The Kier molecular flexibility index (Phi) is 4.49. The summed E-state index contributed by atoms with van der Waals surface area (Å²) in [4.78, 5) is 0. The van der Waals surface area contributed by atoms with Crippen LogP contribution in [-0.4, -0.2) is 0 Å². The highest BCUT2D eigenvalue weighted by molar-refractivity contribution is 5.86. The molecular formula is C29H25NO. The molecule has 1 heterocycles. The fourth-order valence-corrected chi connectivity index (χ4v) is 5.23. The molecule has 0 aromatic heterocycles. The number of anilines is 1. The van der Waals surface area contributed by atoms with Gasteiger partial charge in [0, 0.05) is 11.6 Å².